The van der Waals surface area contributed by atoms with Gasteiger partial charge in [0.05, 0.1) is 0 Å². The number of hydrogen-bond acceptors (Lipinski definition) is 4. The predicted octanol–water partition coefficient (Wildman–Crippen LogP) is 3.25. The second-order valence-electron chi connectivity index (χ2n) is 7.58. The largest absolute Gasteiger partial charge is 0.325 e. The SMILES string of the molecule is CCCc1ccc([C@]2(C)NC(=O)N(CC(=O)Nc3cccc(C(C)=O)c3)C2=O)cc1. The first-order chi connectivity index (χ1) is 14.2. The molecule has 0 aromatic heterocycles. The lowest BCUT2D eigenvalue weighted by molar-refractivity contribution is -0.133. The predicted molar refractivity (Wildman–Crippen MR) is 113 cm³/mol. The number of Topliss-reactive ketones (excluding diaryl/α,β-unsaturated/α-hetero) is 1. The maximum absolute atomic E-state index is 13.0. The van der Waals surface area contributed by atoms with Crippen molar-refractivity contribution in [2.45, 2.75) is 39.2 Å². The number of nitrogens with one attached hydrogen (secondary N) is 2. The number of anilines is 1. The van der Waals surface area contributed by atoms with Crippen LogP contribution < -0.4 is 10.6 Å². The van der Waals surface area contributed by atoms with Crippen molar-refractivity contribution in [3.63, 3.8) is 0 Å². The molecule has 2 aromatic carbocycles. The maximum atomic E-state index is 13.0. The summed E-state index contributed by atoms with van der Waals surface area (Å²) in [6.07, 6.45) is 1.96. The van der Waals surface area contributed by atoms with E-state index in [1.165, 1.54) is 6.92 Å². The van der Waals surface area contributed by atoms with Gasteiger partial charge in [-0.15, -0.1) is 0 Å². The number of amides is 4. The molecule has 3 rings (SSSR count). The summed E-state index contributed by atoms with van der Waals surface area (Å²) in [7, 11) is 0. The number of rotatable bonds is 7. The summed E-state index contributed by atoms with van der Waals surface area (Å²) in [5.41, 5.74) is 1.48. The Morgan fingerprint density at radius 2 is 1.80 bits per heavy atom. The van der Waals surface area contributed by atoms with Crippen LogP contribution in [0.15, 0.2) is 48.5 Å². The highest BCUT2D eigenvalue weighted by atomic mass is 16.2. The van der Waals surface area contributed by atoms with Gasteiger partial charge in [-0.05, 0) is 43.5 Å². The summed E-state index contributed by atoms with van der Waals surface area (Å²) in [6, 6.07) is 13.4. The van der Waals surface area contributed by atoms with Crippen LogP contribution in [0.1, 0.15) is 48.7 Å². The summed E-state index contributed by atoms with van der Waals surface area (Å²) in [5, 5.41) is 5.33. The summed E-state index contributed by atoms with van der Waals surface area (Å²) in [4.78, 5) is 50.3. The van der Waals surface area contributed by atoms with E-state index in [2.05, 4.69) is 17.6 Å². The van der Waals surface area contributed by atoms with Crippen LogP contribution in [0.3, 0.4) is 0 Å². The van der Waals surface area contributed by atoms with E-state index < -0.39 is 29.9 Å². The molecule has 1 heterocycles. The Hall–Kier alpha value is -3.48. The third kappa shape index (κ3) is 4.25. The number of carbonyl (C=O) groups excluding carboxylic acids is 4. The van der Waals surface area contributed by atoms with Crippen LogP contribution in [-0.4, -0.2) is 35.1 Å². The molecule has 4 amide bonds. The molecule has 0 unspecified atom stereocenters. The molecule has 7 heteroatoms. The van der Waals surface area contributed by atoms with Crippen LogP contribution in [-0.2, 0) is 21.5 Å². The molecule has 1 saturated heterocycles. The van der Waals surface area contributed by atoms with Crippen molar-refractivity contribution in [3.8, 4) is 0 Å². The zero-order valence-electron chi connectivity index (χ0n) is 17.3. The lowest BCUT2D eigenvalue weighted by Crippen LogP contribution is -2.42. The fourth-order valence-electron chi connectivity index (χ4n) is 3.49. The second kappa shape index (κ2) is 8.49. The van der Waals surface area contributed by atoms with Gasteiger partial charge < -0.3 is 10.6 Å². The molecule has 30 heavy (non-hydrogen) atoms. The Kier molecular flexibility index (Phi) is 6.01. The lowest BCUT2D eigenvalue weighted by Gasteiger charge is -2.22. The molecular weight excluding hydrogens is 382 g/mol. The highest BCUT2D eigenvalue weighted by Crippen LogP contribution is 2.29. The first kappa shape index (κ1) is 21.2. The minimum absolute atomic E-state index is 0.124. The lowest BCUT2D eigenvalue weighted by atomic mass is 9.91. The number of carbonyl (C=O) groups is 4. The molecule has 2 N–H and O–H groups in total. The van der Waals surface area contributed by atoms with Gasteiger partial charge in [0, 0.05) is 11.3 Å². The Labute approximate surface area is 175 Å². The van der Waals surface area contributed by atoms with E-state index in [1.54, 1.807) is 31.2 Å². The van der Waals surface area contributed by atoms with Crippen molar-refractivity contribution in [3.05, 3.63) is 65.2 Å². The molecule has 156 valence electrons. The minimum Gasteiger partial charge on any atom is -0.325 e. The highest BCUT2D eigenvalue weighted by molar-refractivity contribution is 6.10. The van der Waals surface area contributed by atoms with Crippen LogP contribution in [0, 0.1) is 0 Å². The zero-order valence-corrected chi connectivity index (χ0v) is 17.3. The van der Waals surface area contributed by atoms with Gasteiger partial charge in [-0.3, -0.25) is 19.3 Å². The monoisotopic (exact) mass is 407 g/mol. The number of urea groups is 1. The van der Waals surface area contributed by atoms with E-state index >= 15 is 0 Å². The average molecular weight is 407 g/mol. The molecule has 1 atom stereocenters. The van der Waals surface area contributed by atoms with Crippen LogP contribution in [0.4, 0.5) is 10.5 Å². The number of hydrogen-bond donors (Lipinski definition) is 2. The molecule has 1 aliphatic rings. The van der Waals surface area contributed by atoms with E-state index in [1.807, 2.05) is 24.3 Å². The molecule has 2 aromatic rings. The van der Waals surface area contributed by atoms with Gasteiger partial charge in [0.1, 0.15) is 12.1 Å². The van der Waals surface area contributed by atoms with Gasteiger partial charge in [-0.2, -0.15) is 0 Å². The standard InChI is InChI=1S/C23H25N3O4/c1-4-6-16-9-11-18(12-10-16)23(3)21(29)26(22(30)25-23)14-20(28)24-19-8-5-7-17(13-19)15(2)27/h5,7-13H,4,6,14H2,1-3H3,(H,24,28)(H,25,30)/t23-/m0/s1. The summed E-state index contributed by atoms with van der Waals surface area (Å²) < 4.78 is 0. The molecule has 0 spiro atoms. The molecule has 1 fully saturated rings. The van der Waals surface area contributed by atoms with Gasteiger partial charge >= 0.3 is 6.03 Å². The molecular formula is C23H25N3O4. The Balaban J connectivity index is 1.72. The van der Waals surface area contributed by atoms with Crippen molar-refractivity contribution in [1.29, 1.82) is 0 Å². The van der Waals surface area contributed by atoms with Gasteiger partial charge in [0.25, 0.3) is 5.91 Å². The second-order valence-corrected chi connectivity index (χ2v) is 7.58. The zero-order chi connectivity index (χ0) is 21.9. The van der Waals surface area contributed by atoms with E-state index in [4.69, 9.17) is 0 Å². The molecule has 7 nitrogen and oxygen atoms in total. The number of benzene rings is 2. The fraction of sp³-hybridized carbons (Fsp3) is 0.304. The fourth-order valence-corrected chi connectivity index (χ4v) is 3.49. The Morgan fingerprint density at radius 1 is 1.10 bits per heavy atom. The van der Waals surface area contributed by atoms with E-state index in [-0.39, 0.29) is 5.78 Å². The third-order valence-corrected chi connectivity index (χ3v) is 5.20. The van der Waals surface area contributed by atoms with Crippen LogP contribution >= 0.6 is 0 Å². The Morgan fingerprint density at radius 3 is 2.43 bits per heavy atom. The number of aryl methyl sites for hydroxylation is 1. The summed E-state index contributed by atoms with van der Waals surface area (Å²) >= 11 is 0. The van der Waals surface area contributed by atoms with Crippen molar-refractivity contribution in [2.75, 3.05) is 11.9 Å². The minimum atomic E-state index is -1.23. The number of imide groups is 1. The topological polar surface area (TPSA) is 95.6 Å². The number of ketones is 1. The molecule has 0 bridgehead atoms. The van der Waals surface area contributed by atoms with E-state index in [0.717, 1.165) is 23.3 Å². The van der Waals surface area contributed by atoms with Crippen molar-refractivity contribution in [2.24, 2.45) is 0 Å². The number of nitrogens with zero attached hydrogens (tertiary/aromatic N) is 1. The third-order valence-electron chi connectivity index (χ3n) is 5.20. The van der Waals surface area contributed by atoms with E-state index in [0.29, 0.717) is 16.8 Å². The molecule has 0 aliphatic carbocycles. The van der Waals surface area contributed by atoms with Gasteiger partial charge in [-0.1, -0.05) is 49.7 Å². The smallest absolute Gasteiger partial charge is 0.325 e. The normalized spacial score (nSPS) is 18.3. The van der Waals surface area contributed by atoms with Crippen LogP contribution in [0.25, 0.3) is 0 Å². The van der Waals surface area contributed by atoms with Gasteiger partial charge in [0.15, 0.2) is 5.78 Å². The van der Waals surface area contributed by atoms with E-state index in [9.17, 15) is 19.2 Å². The summed E-state index contributed by atoms with van der Waals surface area (Å²) in [6.45, 7) is 4.74. The molecule has 0 radical (unpaired) electrons. The van der Waals surface area contributed by atoms with Gasteiger partial charge in [-0.25, -0.2) is 4.79 Å². The first-order valence-corrected chi connectivity index (χ1v) is 9.89. The highest BCUT2D eigenvalue weighted by Gasteiger charge is 2.49. The van der Waals surface area contributed by atoms with Crippen LogP contribution in [0.2, 0.25) is 0 Å². The molecule has 1 aliphatic heterocycles. The van der Waals surface area contributed by atoms with Crippen molar-refractivity contribution >= 4 is 29.3 Å². The quantitative estimate of drug-likeness (QED) is 0.544. The van der Waals surface area contributed by atoms with Crippen molar-refractivity contribution < 1.29 is 19.2 Å². The maximum Gasteiger partial charge on any atom is 0.325 e. The van der Waals surface area contributed by atoms with Crippen molar-refractivity contribution in [1.82, 2.24) is 10.2 Å². The molecule has 0 saturated carbocycles. The summed E-state index contributed by atoms with van der Waals surface area (Å²) in [5.74, 6) is -1.13. The average Bonchev–Trinajstić information content (AvgIpc) is 2.93. The first-order valence-electron chi connectivity index (χ1n) is 9.89. The van der Waals surface area contributed by atoms with Crippen LogP contribution in [0.5, 0.6) is 0 Å². The Bertz CT molecular complexity index is 1000. The van der Waals surface area contributed by atoms with Gasteiger partial charge in [0.2, 0.25) is 5.91 Å².